The third-order valence-corrected chi connectivity index (χ3v) is 5.48. The zero-order valence-corrected chi connectivity index (χ0v) is 16.1. The second-order valence-electron chi connectivity index (χ2n) is 7.43. The average molecular weight is 410 g/mol. The van der Waals surface area contributed by atoms with Crippen LogP contribution >= 0.6 is 0 Å². The first kappa shape index (κ1) is 18.8. The molecule has 7 nitrogen and oxygen atoms in total. The van der Waals surface area contributed by atoms with Crippen molar-refractivity contribution in [2.75, 3.05) is 5.32 Å². The highest BCUT2D eigenvalue weighted by Crippen LogP contribution is 2.28. The van der Waals surface area contributed by atoms with E-state index < -0.39 is 6.61 Å². The number of halogens is 2. The molecule has 1 saturated carbocycles. The summed E-state index contributed by atoms with van der Waals surface area (Å²) >= 11 is 0. The summed E-state index contributed by atoms with van der Waals surface area (Å²) in [5.74, 6) is 0.517. The summed E-state index contributed by atoms with van der Waals surface area (Å²) in [4.78, 5) is 13.2. The van der Waals surface area contributed by atoms with E-state index in [9.17, 15) is 8.78 Å². The molecule has 4 aromatic heterocycles. The first-order valence-electron chi connectivity index (χ1n) is 9.91. The first-order chi connectivity index (χ1) is 14.7. The molecule has 1 aliphatic rings. The summed E-state index contributed by atoms with van der Waals surface area (Å²) in [6, 6.07) is 8.06. The minimum Gasteiger partial charge on any atom is -0.350 e. The molecular formula is C21H20F2N6O. The number of ether oxygens (including phenoxy) is 1. The number of fused-ring (bicyclic) bond motifs is 2. The fourth-order valence-electron chi connectivity index (χ4n) is 3.99. The Kier molecular flexibility index (Phi) is 4.96. The van der Waals surface area contributed by atoms with E-state index in [0.29, 0.717) is 24.4 Å². The molecule has 0 unspecified atom stereocenters. The summed E-state index contributed by atoms with van der Waals surface area (Å²) < 4.78 is 31.1. The molecule has 154 valence electrons. The van der Waals surface area contributed by atoms with Crippen LogP contribution in [0.1, 0.15) is 25.7 Å². The fourth-order valence-corrected chi connectivity index (χ4v) is 3.99. The molecule has 30 heavy (non-hydrogen) atoms. The lowest BCUT2D eigenvalue weighted by Crippen LogP contribution is -2.31. The number of rotatable bonds is 5. The second kappa shape index (κ2) is 7.91. The standard InChI is InChI=1S/C21H20F2N6O/c22-20(23)30-16-5-3-15(4-6-16)27-21-26-12-18-17(7-9-29(18)28-21)14-10-13-2-1-8-24-19(13)25-11-14/h1-2,7-12,15-16,20H,3-6H2,(H,27,28)/t15-,16-. The lowest BCUT2D eigenvalue weighted by atomic mass is 9.93. The van der Waals surface area contributed by atoms with Crippen molar-refractivity contribution in [1.29, 1.82) is 0 Å². The Hall–Kier alpha value is -3.20. The lowest BCUT2D eigenvalue weighted by Gasteiger charge is -2.28. The van der Waals surface area contributed by atoms with Gasteiger partial charge in [-0.3, -0.25) is 0 Å². The highest BCUT2D eigenvalue weighted by atomic mass is 19.3. The highest BCUT2D eigenvalue weighted by Gasteiger charge is 2.24. The number of pyridine rings is 2. The van der Waals surface area contributed by atoms with Gasteiger partial charge in [-0.1, -0.05) is 0 Å². The number of nitrogens with zero attached hydrogens (tertiary/aromatic N) is 5. The fraction of sp³-hybridized carbons (Fsp3) is 0.333. The van der Waals surface area contributed by atoms with Crippen LogP contribution in [0.2, 0.25) is 0 Å². The Bertz CT molecular complexity index is 1170. The molecule has 1 fully saturated rings. The molecule has 0 atom stereocenters. The minimum absolute atomic E-state index is 0.146. The van der Waals surface area contributed by atoms with Gasteiger partial charge < -0.3 is 10.1 Å². The van der Waals surface area contributed by atoms with E-state index >= 15 is 0 Å². The molecule has 0 spiro atoms. The van der Waals surface area contributed by atoms with Crippen molar-refractivity contribution in [3.05, 3.63) is 49.1 Å². The molecule has 5 rings (SSSR count). The zero-order valence-electron chi connectivity index (χ0n) is 16.1. The van der Waals surface area contributed by atoms with Crippen molar-refractivity contribution >= 4 is 22.5 Å². The SMILES string of the molecule is FC(F)O[C@H]1CC[C@H](Nc2ncc3c(-c4cnc5ncccc5c4)ccn3n2)CC1. The molecule has 0 aliphatic heterocycles. The second-order valence-corrected chi connectivity index (χ2v) is 7.43. The number of hydrogen-bond acceptors (Lipinski definition) is 6. The van der Waals surface area contributed by atoms with E-state index in [1.165, 1.54) is 0 Å². The van der Waals surface area contributed by atoms with E-state index in [1.54, 1.807) is 23.1 Å². The molecule has 0 amide bonds. The molecule has 1 aliphatic carbocycles. The Morgan fingerprint density at radius 1 is 1.07 bits per heavy atom. The van der Waals surface area contributed by atoms with Crippen LogP contribution in [-0.2, 0) is 4.74 Å². The summed E-state index contributed by atoms with van der Waals surface area (Å²) in [6.45, 7) is -2.71. The van der Waals surface area contributed by atoms with Crippen LogP contribution in [0.3, 0.4) is 0 Å². The summed E-state index contributed by atoms with van der Waals surface area (Å²) in [6.07, 6.45) is 9.51. The first-order valence-corrected chi connectivity index (χ1v) is 9.91. The van der Waals surface area contributed by atoms with Gasteiger partial charge in [-0.25, -0.2) is 19.5 Å². The van der Waals surface area contributed by atoms with Crippen molar-refractivity contribution in [2.24, 2.45) is 0 Å². The molecule has 4 heterocycles. The number of hydrogen-bond donors (Lipinski definition) is 1. The summed E-state index contributed by atoms with van der Waals surface area (Å²) in [7, 11) is 0. The van der Waals surface area contributed by atoms with Crippen LogP contribution in [-0.4, -0.2) is 43.3 Å². The van der Waals surface area contributed by atoms with Crippen molar-refractivity contribution in [3.63, 3.8) is 0 Å². The Labute approximate surface area is 171 Å². The molecular weight excluding hydrogens is 390 g/mol. The number of aromatic nitrogens is 5. The molecule has 0 saturated heterocycles. The zero-order chi connectivity index (χ0) is 20.5. The lowest BCUT2D eigenvalue weighted by molar-refractivity contribution is -0.169. The molecule has 0 aromatic carbocycles. The topological polar surface area (TPSA) is 77.2 Å². The van der Waals surface area contributed by atoms with Gasteiger partial charge in [0, 0.05) is 41.1 Å². The van der Waals surface area contributed by atoms with Gasteiger partial charge in [0.15, 0.2) is 5.65 Å². The quantitative estimate of drug-likeness (QED) is 0.529. The van der Waals surface area contributed by atoms with E-state index in [0.717, 1.165) is 34.9 Å². The average Bonchev–Trinajstić information content (AvgIpc) is 3.18. The van der Waals surface area contributed by atoms with E-state index in [2.05, 4.69) is 36.2 Å². The molecule has 9 heteroatoms. The molecule has 0 bridgehead atoms. The Morgan fingerprint density at radius 3 is 2.77 bits per heavy atom. The summed E-state index contributed by atoms with van der Waals surface area (Å²) in [5.41, 5.74) is 3.55. The van der Waals surface area contributed by atoms with E-state index in [-0.39, 0.29) is 12.1 Å². The van der Waals surface area contributed by atoms with Crippen molar-refractivity contribution in [1.82, 2.24) is 24.6 Å². The molecule has 4 aromatic rings. The van der Waals surface area contributed by atoms with Crippen molar-refractivity contribution in [2.45, 2.75) is 44.4 Å². The van der Waals surface area contributed by atoms with Gasteiger partial charge in [0.1, 0.15) is 0 Å². The van der Waals surface area contributed by atoms with Crippen LogP contribution in [0.4, 0.5) is 14.7 Å². The number of alkyl halides is 2. The molecule has 0 radical (unpaired) electrons. The maximum Gasteiger partial charge on any atom is 0.345 e. The van der Waals surface area contributed by atoms with Gasteiger partial charge in [0.25, 0.3) is 0 Å². The van der Waals surface area contributed by atoms with Crippen LogP contribution < -0.4 is 5.32 Å². The Balaban J connectivity index is 1.33. The van der Waals surface area contributed by atoms with Crippen LogP contribution in [0.15, 0.2) is 49.1 Å². The number of nitrogens with one attached hydrogen (secondary N) is 1. The third-order valence-electron chi connectivity index (χ3n) is 5.48. The van der Waals surface area contributed by atoms with Gasteiger partial charge in [0.05, 0.1) is 17.8 Å². The highest BCUT2D eigenvalue weighted by molar-refractivity contribution is 5.86. The van der Waals surface area contributed by atoms with Crippen molar-refractivity contribution < 1.29 is 13.5 Å². The van der Waals surface area contributed by atoms with Crippen LogP contribution in [0.25, 0.3) is 27.7 Å². The van der Waals surface area contributed by atoms with Crippen LogP contribution in [0, 0.1) is 0 Å². The molecule has 1 N–H and O–H groups in total. The van der Waals surface area contributed by atoms with Crippen LogP contribution in [0.5, 0.6) is 0 Å². The predicted molar refractivity (Wildman–Crippen MR) is 108 cm³/mol. The maximum atomic E-state index is 12.3. The predicted octanol–water partition coefficient (Wildman–Crippen LogP) is 4.30. The maximum absolute atomic E-state index is 12.3. The summed E-state index contributed by atoms with van der Waals surface area (Å²) in [5, 5.41) is 8.84. The smallest absolute Gasteiger partial charge is 0.345 e. The van der Waals surface area contributed by atoms with Gasteiger partial charge in [-0.2, -0.15) is 8.78 Å². The van der Waals surface area contributed by atoms with Gasteiger partial charge in [0.2, 0.25) is 5.95 Å². The monoisotopic (exact) mass is 410 g/mol. The van der Waals surface area contributed by atoms with Gasteiger partial charge >= 0.3 is 6.61 Å². The van der Waals surface area contributed by atoms with E-state index in [1.807, 2.05) is 24.4 Å². The van der Waals surface area contributed by atoms with E-state index in [4.69, 9.17) is 0 Å². The minimum atomic E-state index is -2.71. The largest absolute Gasteiger partial charge is 0.350 e. The van der Waals surface area contributed by atoms with Crippen molar-refractivity contribution in [3.8, 4) is 11.1 Å². The van der Waals surface area contributed by atoms with Gasteiger partial charge in [-0.05, 0) is 49.9 Å². The Morgan fingerprint density at radius 2 is 1.93 bits per heavy atom. The van der Waals surface area contributed by atoms with Gasteiger partial charge in [-0.15, -0.1) is 5.10 Å². The third kappa shape index (κ3) is 3.80. The number of anilines is 1. The normalized spacial score (nSPS) is 19.6.